The second-order valence-electron chi connectivity index (χ2n) is 10.5. The SMILES string of the molecule is C/C(=C\c1coc(CO)n1)[C@H]1NC(=O)C[C@H](O)C(C)(C)C(=O)[C@H](C)[C@@H](O)[C@@H](C)CCC/C=C\[C@@H]1C. The standard InChI is InChI=1S/C27H42N2O6/c1-16-10-8-7-9-11-17(2)25(33)19(4)26(34)27(5,6)21(31)13-22(32)29-24(16)18(3)12-20-15-35-23(14-30)28-20/h8,10,12,15-17,19,21,24-25,30-31,33H,7,9,11,13-14H2,1-6H3,(H,29,32)/b10-8-,18-12+/t16-,17-,19+,21-,24-,25-/m0/s1. The van der Waals surface area contributed by atoms with Gasteiger partial charge >= 0.3 is 0 Å². The van der Waals surface area contributed by atoms with Crippen molar-refractivity contribution >= 4 is 17.8 Å². The zero-order valence-electron chi connectivity index (χ0n) is 21.8. The summed E-state index contributed by atoms with van der Waals surface area (Å²) in [7, 11) is 0. The molecule has 1 aliphatic rings. The molecule has 35 heavy (non-hydrogen) atoms. The lowest BCUT2D eigenvalue weighted by Gasteiger charge is -2.35. The van der Waals surface area contributed by atoms with Crippen LogP contribution in [0.3, 0.4) is 0 Å². The van der Waals surface area contributed by atoms with Crippen molar-refractivity contribution in [2.24, 2.45) is 23.2 Å². The summed E-state index contributed by atoms with van der Waals surface area (Å²) in [6.45, 7) is 10.5. The molecule has 1 aliphatic heterocycles. The van der Waals surface area contributed by atoms with Gasteiger partial charge in [0, 0.05) is 5.92 Å². The number of ketones is 1. The van der Waals surface area contributed by atoms with Crippen LogP contribution >= 0.6 is 0 Å². The number of Topliss-reactive ketones (excluding diaryl/α,β-unsaturated/α-hetero) is 1. The number of nitrogens with zero attached hydrogens (tertiary/aromatic N) is 1. The van der Waals surface area contributed by atoms with Gasteiger partial charge in [-0.2, -0.15) is 0 Å². The fourth-order valence-corrected chi connectivity index (χ4v) is 4.66. The van der Waals surface area contributed by atoms with Crippen LogP contribution in [0.1, 0.15) is 78.8 Å². The number of aliphatic hydroxyl groups is 3. The molecule has 1 aromatic rings. The lowest BCUT2D eigenvalue weighted by Crippen LogP contribution is -2.47. The van der Waals surface area contributed by atoms with E-state index in [4.69, 9.17) is 4.42 Å². The van der Waals surface area contributed by atoms with E-state index in [2.05, 4.69) is 22.5 Å². The smallest absolute Gasteiger partial charge is 0.223 e. The van der Waals surface area contributed by atoms with Crippen molar-refractivity contribution in [1.29, 1.82) is 0 Å². The van der Waals surface area contributed by atoms with Gasteiger partial charge in [0.25, 0.3) is 0 Å². The predicted octanol–water partition coefficient (Wildman–Crippen LogP) is 3.41. The highest BCUT2D eigenvalue weighted by molar-refractivity contribution is 5.88. The number of allylic oxidation sites excluding steroid dienone is 1. The molecular formula is C27H42N2O6. The van der Waals surface area contributed by atoms with Crippen LogP contribution in [0.15, 0.2) is 28.4 Å². The summed E-state index contributed by atoms with van der Waals surface area (Å²) in [5, 5.41) is 33.8. The van der Waals surface area contributed by atoms with E-state index >= 15 is 0 Å². The van der Waals surface area contributed by atoms with E-state index in [1.165, 1.54) is 6.26 Å². The molecule has 1 amide bonds. The average Bonchev–Trinajstić information content (AvgIpc) is 3.27. The molecule has 2 rings (SSSR count). The molecule has 0 spiro atoms. The van der Waals surface area contributed by atoms with Gasteiger partial charge in [0.2, 0.25) is 11.8 Å². The van der Waals surface area contributed by atoms with Crippen molar-refractivity contribution in [3.05, 3.63) is 35.6 Å². The Morgan fingerprint density at radius 1 is 1.26 bits per heavy atom. The zero-order chi connectivity index (χ0) is 26.3. The van der Waals surface area contributed by atoms with E-state index in [1.807, 2.05) is 20.8 Å². The number of oxazole rings is 1. The van der Waals surface area contributed by atoms with Crippen LogP contribution in [0.5, 0.6) is 0 Å². The van der Waals surface area contributed by atoms with Crippen molar-refractivity contribution < 1.29 is 29.3 Å². The summed E-state index contributed by atoms with van der Waals surface area (Å²) in [6, 6.07) is -0.369. The number of aromatic nitrogens is 1. The Hall–Kier alpha value is -2.29. The first-order valence-electron chi connectivity index (χ1n) is 12.5. The molecule has 2 heterocycles. The number of carbonyl (C=O) groups excluding carboxylic acids is 2. The van der Waals surface area contributed by atoms with E-state index in [0.29, 0.717) is 5.69 Å². The molecule has 0 fully saturated rings. The van der Waals surface area contributed by atoms with E-state index in [9.17, 15) is 24.9 Å². The number of nitrogens with one attached hydrogen (secondary N) is 1. The van der Waals surface area contributed by atoms with Crippen molar-refractivity contribution in [3.8, 4) is 0 Å². The predicted molar refractivity (Wildman–Crippen MR) is 134 cm³/mol. The van der Waals surface area contributed by atoms with Gasteiger partial charge in [0.1, 0.15) is 24.3 Å². The van der Waals surface area contributed by atoms with Gasteiger partial charge in [0.15, 0.2) is 0 Å². The summed E-state index contributed by atoms with van der Waals surface area (Å²) in [6.07, 6.45) is 7.59. The lowest BCUT2D eigenvalue weighted by atomic mass is 9.73. The van der Waals surface area contributed by atoms with Crippen LogP contribution < -0.4 is 5.32 Å². The molecular weight excluding hydrogens is 448 g/mol. The van der Waals surface area contributed by atoms with E-state index < -0.39 is 23.5 Å². The minimum absolute atomic E-state index is 0.0536. The molecule has 1 aromatic heterocycles. The Kier molecular flexibility index (Phi) is 10.4. The molecule has 0 aliphatic carbocycles. The highest BCUT2D eigenvalue weighted by Gasteiger charge is 2.42. The van der Waals surface area contributed by atoms with Gasteiger partial charge in [-0.3, -0.25) is 9.59 Å². The van der Waals surface area contributed by atoms with Crippen molar-refractivity contribution in [2.45, 2.75) is 92.1 Å². The summed E-state index contributed by atoms with van der Waals surface area (Å²) < 4.78 is 5.19. The Morgan fingerprint density at radius 2 is 1.94 bits per heavy atom. The van der Waals surface area contributed by atoms with Gasteiger partial charge in [-0.15, -0.1) is 0 Å². The quantitative estimate of drug-likeness (QED) is 0.477. The molecule has 6 atom stereocenters. The lowest BCUT2D eigenvalue weighted by molar-refractivity contribution is -0.143. The monoisotopic (exact) mass is 490 g/mol. The van der Waals surface area contributed by atoms with E-state index in [1.54, 1.807) is 26.8 Å². The number of rotatable bonds is 3. The van der Waals surface area contributed by atoms with Gasteiger partial charge < -0.3 is 25.1 Å². The number of hydrogen-bond acceptors (Lipinski definition) is 7. The topological polar surface area (TPSA) is 133 Å². The van der Waals surface area contributed by atoms with Gasteiger partial charge in [-0.25, -0.2) is 4.98 Å². The maximum absolute atomic E-state index is 13.2. The molecule has 0 radical (unpaired) electrons. The molecule has 0 unspecified atom stereocenters. The van der Waals surface area contributed by atoms with Crippen LogP contribution in [-0.2, 0) is 16.2 Å². The van der Waals surface area contributed by atoms with Crippen molar-refractivity contribution in [1.82, 2.24) is 10.3 Å². The molecule has 0 saturated carbocycles. The molecule has 0 bridgehead atoms. The Balaban J connectivity index is 2.34. The van der Waals surface area contributed by atoms with E-state index in [0.717, 1.165) is 24.8 Å². The molecule has 0 saturated heterocycles. The zero-order valence-corrected chi connectivity index (χ0v) is 21.8. The first-order valence-corrected chi connectivity index (χ1v) is 12.5. The maximum atomic E-state index is 13.2. The number of carbonyl (C=O) groups is 2. The summed E-state index contributed by atoms with van der Waals surface area (Å²) in [5.41, 5.74) is 0.184. The van der Waals surface area contributed by atoms with Gasteiger partial charge in [0.05, 0.1) is 30.1 Å². The number of hydrogen-bond donors (Lipinski definition) is 4. The second-order valence-corrected chi connectivity index (χ2v) is 10.5. The summed E-state index contributed by atoms with van der Waals surface area (Å²) in [4.78, 5) is 30.4. The van der Waals surface area contributed by atoms with Crippen LogP contribution in [0, 0.1) is 23.2 Å². The Morgan fingerprint density at radius 3 is 2.57 bits per heavy atom. The first kappa shape index (κ1) is 28.9. The van der Waals surface area contributed by atoms with Crippen LogP contribution in [0.25, 0.3) is 6.08 Å². The van der Waals surface area contributed by atoms with E-state index in [-0.39, 0.29) is 48.5 Å². The Bertz CT molecular complexity index is 919. The minimum atomic E-state index is -1.20. The Labute approximate surface area is 208 Å². The third kappa shape index (κ3) is 7.59. The molecule has 196 valence electrons. The summed E-state index contributed by atoms with van der Waals surface area (Å²) >= 11 is 0. The largest absolute Gasteiger partial charge is 0.446 e. The highest BCUT2D eigenvalue weighted by atomic mass is 16.4. The first-order chi connectivity index (χ1) is 16.4. The minimum Gasteiger partial charge on any atom is -0.446 e. The van der Waals surface area contributed by atoms with Crippen LogP contribution in [0.2, 0.25) is 0 Å². The normalized spacial score (nSPS) is 32.8. The maximum Gasteiger partial charge on any atom is 0.223 e. The van der Waals surface area contributed by atoms with Crippen LogP contribution in [0.4, 0.5) is 0 Å². The van der Waals surface area contributed by atoms with Crippen molar-refractivity contribution in [2.75, 3.05) is 0 Å². The van der Waals surface area contributed by atoms with Gasteiger partial charge in [-0.1, -0.05) is 46.8 Å². The number of aliphatic hydroxyl groups excluding tert-OH is 3. The molecule has 8 nitrogen and oxygen atoms in total. The molecule has 4 N–H and O–H groups in total. The molecule has 8 heteroatoms. The average molecular weight is 491 g/mol. The second kappa shape index (κ2) is 12.6. The van der Waals surface area contributed by atoms with Gasteiger partial charge in [-0.05, 0) is 49.7 Å². The fraction of sp³-hybridized carbons (Fsp3) is 0.667. The third-order valence-electron chi connectivity index (χ3n) is 7.24. The fourth-order valence-electron chi connectivity index (χ4n) is 4.66. The molecule has 0 aromatic carbocycles. The highest BCUT2D eigenvalue weighted by Crippen LogP contribution is 2.32. The summed E-state index contributed by atoms with van der Waals surface area (Å²) in [5.74, 6) is -1.18. The van der Waals surface area contributed by atoms with Crippen LogP contribution in [-0.4, -0.2) is 50.2 Å². The third-order valence-corrected chi connectivity index (χ3v) is 7.24. The van der Waals surface area contributed by atoms with Crippen molar-refractivity contribution in [3.63, 3.8) is 0 Å². The number of amides is 1.